The zero-order valence-electron chi connectivity index (χ0n) is 12.4. The maximum atomic E-state index is 12.0. The topological polar surface area (TPSA) is 49.4 Å². The third kappa shape index (κ3) is 5.12. The van der Waals surface area contributed by atoms with Crippen molar-refractivity contribution in [2.24, 2.45) is 0 Å². The standard InChI is InChI=1S/C16H20ClIN2O2/c17-13-7-6-12(11-14(13)18)16(22)19-8-4-10-20-9-3-1-2-5-15(20)21/h6-7,11H,1-5,8-10H2,(H,19,22). The largest absolute Gasteiger partial charge is 0.352 e. The van der Waals surface area contributed by atoms with Gasteiger partial charge in [-0.3, -0.25) is 9.59 Å². The third-order valence-corrected chi connectivity index (χ3v) is 5.28. The maximum absolute atomic E-state index is 12.0. The lowest BCUT2D eigenvalue weighted by Gasteiger charge is -2.20. The lowest BCUT2D eigenvalue weighted by atomic mass is 10.2. The highest BCUT2D eigenvalue weighted by molar-refractivity contribution is 14.1. The second kappa shape index (κ2) is 8.72. The molecule has 0 radical (unpaired) electrons. The minimum absolute atomic E-state index is 0.100. The van der Waals surface area contributed by atoms with E-state index in [4.69, 9.17) is 11.6 Å². The quantitative estimate of drug-likeness (QED) is 0.570. The van der Waals surface area contributed by atoms with Crippen LogP contribution in [0.25, 0.3) is 0 Å². The van der Waals surface area contributed by atoms with Crippen molar-refractivity contribution in [3.63, 3.8) is 0 Å². The molecule has 1 aromatic rings. The molecular formula is C16H20ClIN2O2. The molecule has 0 saturated carbocycles. The van der Waals surface area contributed by atoms with E-state index in [0.717, 1.165) is 42.3 Å². The average molecular weight is 435 g/mol. The Labute approximate surface area is 149 Å². The molecular weight excluding hydrogens is 415 g/mol. The van der Waals surface area contributed by atoms with E-state index in [0.29, 0.717) is 23.6 Å². The van der Waals surface area contributed by atoms with Crippen molar-refractivity contribution in [2.45, 2.75) is 32.1 Å². The number of amides is 2. The first kappa shape index (κ1) is 17.5. The van der Waals surface area contributed by atoms with E-state index in [1.807, 2.05) is 4.90 Å². The molecule has 1 fully saturated rings. The lowest BCUT2D eigenvalue weighted by molar-refractivity contribution is -0.130. The highest BCUT2D eigenvalue weighted by atomic mass is 127. The van der Waals surface area contributed by atoms with Crippen LogP contribution in [0.15, 0.2) is 18.2 Å². The predicted octanol–water partition coefficient (Wildman–Crippen LogP) is 3.47. The summed E-state index contributed by atoms with van der Waals surface area (Å²) in [6, 6.07) is 5.23. The van der Waals surface area contributed by atoms with E-state index in [-0.39, 0.29) is 11.8 Å². The number of carbonyl (C=O) groups is 2. The molecule has 120 valence electrons. The first-order valence-electron chi connectivity index (χ1n) is 7.59. The minimum Gasteiger partial charge on any atom is -0.352 e. The summed E-state index contributed by atoms with van der Waals surface area (Å²) in [6.45, 7) is 2.14. The van der Waals surface area contributed by atoms with Crippen LogP contribution in [0.4, 0.5) is 0 Å². The van der Waals surface area contributed by atoms with Crippen molar-refractivity contribution in [1.29, 1.82) is 0 Å². The molecule has 22 heavy (non-hydrogen) atoms. The van der Waals surface area contributed by atoms with Gasteiger partial charge >= 0.3 is 0 Å². The van der Waals surface area contributed by atoms with Gasteiger partial charge in [0.2, 0.25) is 5.91 Å². The zero-order valence-corrected chi connectivity index (χ0v) is 15.3. The van der Waals surface area contributed by atoms with Crippen LogP contribution >= 0.6 is 34.2 Å². The number of hydrogen-bond donors (Lipinski definition) is 1. The van der Waals surface area contributed by atoms with Gasteiger partial charge in [0.1, 0.15) is 0 Å². The number of benzene rings is 1. The number of halogens is 2. The molecule has 2 amide bonds. The van der Waals surface area contributed by atoms with Crippen LogP contribution in [0.1, 0.15) is 42.5 Å². The van der Waals surface area contributed by atoms with Crippen LogP contribution in [-0.4, -0.2) is 36.3 Å². The summed E-state index contributed by atoms with van der Waals surface area (Å²) in [5.41, 5.74) is 0.611. The van der Waals surface area contributed by atoms with E-state index in [1.165, 1.54) is 0 Å². The number of hydrogen-bond acceptors (Lipinski definition) is 2. The molecule has 0 atom stereocenters. The molecule has 1 aliphatic heterocycles. The molecule has 4 nitrogen and oxygen atoms in total. The summed E-state index contributed by atoms with van der Waals surface area (Å²) in [6.07, 6.45) is 4.66. The fraction of sp³-hybridized carbons (Fsp3) is 0.500. The van der Waals surface area contributed by atoms with Crippen molar-refractivity contribution < 1.29 is 9.59 Å². The van der Waals surface area contributed by atoms with Gasteiger partial charge in [0.15, 0.2) is 0 Å². The summed E-state index contributed by atoms with van der Waals surface area (Å²) in [5, 5.41) is 3.54. The monoisotopic (exact) mass is 434 g/mol. The van der Waals surface area contributed by atoms with Crippen molar-refractivity contribution in [1.82, 2.24) is 10.2 Å². The van der Waals surface area contributed by atoms with Crippen LogP contribution in [0.2, 0.25) is 5.02 Å². The maximum Gasteiger partial charge on any atom is 0.251 e. The summed E-state index contributed by atoms with van der Waals surface area (Å²) >= 11 is 8.06. The molecule has 1 saturated heterocycles. The Morgan fingerprint density at radius 1 is 1.32 bits per heavy atom. The summed E-state index contributed by atoms with van der Waals surface area (Å²) in [5.74, 6) is 0.146. The molecule has 2 rings (SSSR count). The smallest absolute Gasteiger partial charge is 0.251 e. The van der Waals surface area contributed by atoms with Gasteiger partial charge in [-0.05, 0) is 60.1 Å². The number of likely N-dealkylation sites (tertiary alicyclic amines) is 1. The molecule has 6 heteroatoms. The molecule has 0 aliphatic carbocycles. The van der Waals surface area contributed by atoms with E-state index in [9.17, 15) is 9.59 Å². The van der Waals surface area contributed by atoms with Gasteiger partial charge < -0.3 is 10.2 Å². The first-order chi connectivity index (χ1) is 10.6. The second-order valence-electron chi connectivity index (χ2n) is 5.43. The van der Waals surface area contributed by atoms with Crippen molar-refractivity contribution >= 4 is 46.0 Å². The van der Waals surface area contributed by atoms with Gasteiger partial charge in [0.25, 0.3) is 5.91 Å². The normalized spacial score (nSPS) is 15.5. The third-order valence-electron chi connectivity index (χ3n) is 3.74. The van der Waals surface area contributed by atoms with Crippen LogP contribution in [0.5, 0.6) is 0 Å². The molecule has 1 N–H and O–H groups in total. The van der Waals surface area contributed by atoms with Gasteiger partial charge in [0.05, 0.1) is 5.02 Å². The van der Waals surface area contributed by atoms with Gasteiger partial charge in [-0.2, -0.15) is 0 Å². The van der Waals surface area contributed by atoms with Crippen LogP contribution in [0.3, 0.4) is 0 Å². The summed E-state index contributed by atoms with van der Waals surface area (Å²) in [4.78, 5) is 25.8. The van der Waals surface area contributed by atoms with Crippen LogP contribution < -0.4 is 5.32 Å². The average Bonchev–Trinajstić information content (AvgIpc) is 2.71. The molecule has 1 aromatic carbocycles. The SMILES string of the molecule is O=C(NCCCN1CCCCCC1=O)c1ccc(Cl)c(I)c1. The molecule has 0 aromatic heterocycles. The Balaban J connectivity index is 1.74. The van der Waals surface area contributed by atoms with E-state index >= 15 is 0 Å². The molecule has 0 spiro atoms. The number of nitrogens with zero attached hydrogens (tertiary/aromatic N) is 1. The minimum atomic E-state index is -0.100. The van der Waals surface area contributed by atoms with Gasteiger partial charge in [-0.25, -0.2) is 0 Å². The number of nitrogens with one attached hydrogen (secondary N) is 1. The Kier molecular flexibility index (Phi) is 6.95. The number of carbonyl (C=O) groups excluding carboxylic acids is 2. The lowest BCUT2D eigenvalue weighted by Crippen LogP contribution is -2.34. The van der Waals surface area contributed by atoms with E-state index in [1.54, 1.807) is 18.2 Å². The fourth-order valence-corrected chi connectivity index (χ4v) is 3.12. The van der Waals surface area contributed by atoms with Gasteiger partial charge in [-0.1, -0.05) is 18.0 Å². The Bertz CT molecular complexity index is 551. The van der Waals surface area contributed by atoms with E-state index in [2.05, 4.69) is 27.9 Å². The summed E-state index contributed by atoms with van der Waals surface area (Å²) < 4.78 is 0.863. The Hall–Kier alpha value is -0.820. The summed E-state index contributed by atoms with van der Waals surface area (Å²) in [7, 11) is 0. The fourth-order valence-electron chi connectivity index (χ4n) is 2.49. The highest BCUT2D eigenvalue weighted by Gasteiger charge is 2.15. The van der Waals surface area contributed by atoms with Gasteiger partial charge in [0, 0.05) is 35.2 Å². The zero-order chi connectivity index (χ0) is 15.9. The van der Waals surface area contributed by atoms with E-state index < -0.39 is 0 Å². The second-order valence-corrected chi connectivity index (χ2v) is 7.00. The van der Waals surface area contributed by atoms with Crippen LogP contribution in [-0.2, 0) is 4.79 Å². The van der Waals surface area contributed by atoms with Crippen LogP contribution in [0, 0.1) is 3.57 Å². The Morgan fingerprint density at radius 3 is 2.91 bits per heavy atom. The predicted molar refractivity (Wildman–Crippen MR) is 96.2 cm³/mol. The van der Waals surface area contributed by atoms with Crippen molar-refractivity contribution in [2.75, 3.05) is 19.6 Å². The highest BCUT2D eigenvalue weighted by Crippen LogP contribution is 2.19. The molecule has 0 unspecified atom stereocenters. The van der Waals surface area contributed by atoms with Gasteiger partial charge in [-0.15, -0.1) is 0 Å². The molecule has 1 aliphatic rings. The molecule has 1 heterocycles. The Morgan fingerprint density at radius 2 is 2.14 bits per heavy atom. The molecule has 0 bridgehead atoms. The van der Waals surface area contributed by atoms with Crippen molar-refractivity contribution in [3.05, 3.63) is 32.4 Å². The number of rotatable bonds is 5. The van der Waals surface area contributed by atoms with Crippen molar-refractivity contribution in [3.8, 4) is 0 Å². The first-order valence-corrected chi connectivity index (χ1v) is 9.04.